The smallest absolute Gasteiger partial charge is 0.157 e. The summed E-state index contributed by atoms with van der Waals surface area (Å²) in [6.45, 7) is 2.63. The first-order chi connectivity index (χ1) is 12.6. The first-order valence-corrected chi connectivity index (χ1v) is 8.95. The molecule has 0 aliphatic rings. The van der Waals surface area contributed by atoms with Gasteiger partial charge < -0.3 is 5.32 Å². The normalized spacial score (nSPS) is 11.0. The summed E-state index contributed by atoms with van der Waals surface area (Å²) in [6, 6.07) is 17.7. The lowest BCUT2D eigenvalue weighted by Crippen LogP contribution is -2.07. The number of benzene rings is 2. The molecule has 1 N–H and O–H groups in total. The van der Waals surface area contributed by atoms with Gasteiger partial charge in [0.05, 0.1) is 11.9 Å². The Labute approximate surface area is 161 Å². The largest absolute Gasteiger partial charge is 0.366 e. The highest BCUT2D eigenvalue weighted by atomic mass is 35.5. The van der Waals surface area contributed by atoms with Crippen molar-refractivity contribution in [1.82, 2.24) is 14.6 Å². The number of anilines is 1. The number of nitrogens with one attached hydrogen (secondary N) is 1. The van der Waals surface area contributed by atoms with Crippen molar-refractivity contribution in [3.8, 4) is 11.3 Å². The van der Waals surface area contributed by atoms with E-state index < -0.39 is 0 Å². The van der Waals surface area contributed by atoms with Gasteiger partial charge in [-0.05, 0) is 24.6 Å². The fourth-order valence-corrected chi connectivity index (χ4v) is 3.24. The van der Waals surface area contributed by atoms with Crippen LogP contribution in [0.1, 0.15) is 11.1 Å². The fourth-order valence-electron chi connectivity index (χ4n) is 2.76. The molecule has 2 aromatic heterocycles. The Balaban J connectivity index is 1.69. The van der Waals surface area contributed by atoms with E-state index in [1.807, 2.05) is 24.3 Å². The van der Waals surface area contributed by atoms with Crippen LogP contribution in [-0.2, 0) is 6.54 Å². The lowest BCUT2D eigenvalue weighted by Gasteiger charge is -2.12. The van der Waals surface area contributed by atoms with Gasteiger partial charge in [-0.25, -0.2) is 4.98 Å². The Morgan fingerprint density at radius 3 is 2.58 bits per heavy atom. The molecular formula is C20H16Cl2N4. The quantitative estimate of drug-likeness (QED) is 0.497. The molecule has 6 heteroatoms. The van der Waals surface area contributed by atoms with E-state index in [9.17, 15) is 0 Å². The molecule has 0 atom stereocenters. The molecule has 2 aromatic carbocycles. The zero-order valence-corrected chi connectivity index (χ0v) is 15.6. The average Bonchev–Trinajstić information content (AvgIpc) is 3.10. The second-order valence-electron chi connectivity index (χ2n) is 6.08. The van der Waals surface area contributed by atoms with Crippen LogP contribution >= 0.6 is 23.2 Å². The highest BCUT2D eigenvalue weighted by molar-refractivity contribution is 6.35. The Morgan fingerprint density at radius 2 is 1.81 bits per heavy atom. The molecule has 0 saturated heterocycles. The Morgan fingerprint density at radius 1 is 1.00 bits per heavy atom. The summed E-state index contributed by atoms with van der Waals surface area (Å²) in [4.78, 5) is 4.70. The minimum absolute atomic E-state index is 0.558. The molecule has 2 heterocycles. The Kier molecular flexibility index (Phi) is 4.53. The monoisotopic (exact) mass is 382 g/mol. The molecule has 0 aliphatic carbocycles. The number of hydrogen-bond donors (Lipinski definition) is 1. The maximum Gasteiger partial charge on any atom is 0.157 e. The van der Waals surface area contributed by atoms with Crippen LogP contribution in [0, 0.1) is 6.92 Å². The molecule has 0 fully saturated rings. The van der Waals surface area contributed by atoms with Gasteiger partial charge >= 0.3 is 0 Å². The average molecular weight is 383 g/mol. The summed E-state index contributed by atoms with van der Waals surface area (Å²) in [5.41, 5.74) is 4.92. The molecule has 4 rings (SSSR count). The second-order valence-corrected chi connectivity index (χ2v) is 6.93. The van der Waals surface area contributed by atoms with Gasteiger partial charge in [-0.2, -0.15) is 9.61 Å². The summed E-state index contributed by atoms with van der Waals surface area (Å²) >= 11 is 12.2. The van der Waals surface area contributed by atoms with Crippen molar-refractivity contribution in [3.05, 3.63) is 82.0 Å². The molecule has 0 amide bonds. The lowest BCUT2D eigenvalue weighted by atomic mass is 10.1. The van der Waals surface area contributed by atoms with Crippen LogP contribution in [0.3, 0.4) is 0 Å². The van der Waals surface area contributed by atoms with E-state index >= 15 is 0 Å². The molecule has 0 radical (unpaired) electrons. The van der Waals surface area contributed by atoms with Crippen molar-refractivity contribution in [2.75, 3.05) is 5.32 Å². The van der Waals surface area contributed by atoms with Crippen LogP contribution in [0.25, 0.3) is 16.9 Å². The van der Waals surface area contributed by atoms with Gasteiger partial charge in [0.1, 0.15) is 5.82 Å². The zero-order chi connectivity index (χ0) is 18.1. The van der Waals surface area contributed by atoms with Gasteiger partial charge in [0.2, 0.25) is 0 Å². The molecular weight excluding hydrogens is 367 g/mol. The third-order valence-electron chi connectivity index (χ3n) is 4.18. The summed E-state index contributed by atoms with van der Waals surface area (Å²) in [5, 5.41) is 9.02. The highest BCUT2D eigenvalue weighted by Crippen LogP contribution is 2.25. The number of halogens is 2. The SMILES string of the molecule is Cc1ccc(-c2cc(NCc3ccc(Cl)cc3Cl)n3nccc3n2)cc1. The Bertz CT molecular complexity index is 1070. The minimum atomic E-state index is 0.558. The molecule has 4 aromatic rings. The maximum atomic E-state index is 6.28. The Hall–Kier alpha value is -2.56. The number of hydrogen-bond acceptors (Lipinski definition) is 3. The van der Waals surface area contributed by atoms with Crippen molar-refractivity contribution in [1.29, 1.82) is 0 Å². The van der Waals surface area contributed by atoms with E-state index in [1.54, 1.807) is 16.8 Å². The standard InChI is InChI=1S/C20H16Cl2N4/c1-13-2-4-14(5-3-13)18-11-20(26-19(25-18)8-9-24-26)23-12-15-6-7-16(21)10-17(15)22/h2-11,23H,12H2,1H3. The fraction of sp³-hybridized carbons (Fsp3) is 0.100. The van der Waals surface area contributed by atoms with Crippen molar-refractivity contribution in [2.45, 2.75) is 13.5 Å². The zero-order valence-electron chi connectivity index (χ0n) is 14.1. The van der Waals surface area contributed by atoms with E-state index in [2.05, 4.69) is 41.6 Å². The van der Waals surface area contributed by atoms with Crippen molar-refractivity contribution in [2.24, 2.45) is 0 Å². The van der Waals surface area contributed by atoms with Gasteiger partial charge in [0.15, 0.2) is 5.65 Å². The predicted octanol–water partition coefficient (Wildman–Crippen LogP) is 5.62. The van der Waals surface area contributed by atoms with E-state index in [4.69, 9.17) is 28.2 Å². The second kappa shape index (κ2) is 6.98. The third kappa shape index (κ3) is 3.39. The molecule has 0 spiro atoms. The van der Waals surface area contributed by atoms with Crippen molar-refractivity contribution >= 4 is 34.7 Å². The maximum absolute atomic E-state index is 6.28. The van der Waals surface area contributed by atoms with Gasteiger partial charge in [0, 0.05) is 34.3 Å². The molecule has 26 heavy (non-hydrogen) atoms. The number of rotatable bonds is 4. The van der Waals surface area contributed by atoms with Gasteiger partial charge in [0.25, 0.3) is 0 Å². The van der Waals surface area contributed by atoms with Gasteiger partial charge in [-0.3, -0.25) is 0 Å². The minimum Gasteiger partial charge on any atom is -0.366 e. The summed E-state index contributed by atoms with van der Waals surface area (Å²) in [5.74, 6) is 0.849. The number of aromatic nitrogens is 3. The first kappa shape index (κ1) is 16.9. The van der Waals surface area contributed by atoms with Crippen LogP contribution in [0.2, 0.25) is 10.0 Å². The third-order valence-corrected chi connectivity index (χ3v) is 4.77. The van der Waals surface area contributed by atoms with Gasteiger partial charge in [-0.15, -0.1) is 0 Å². The highest BCUT2D eigenvalue weighted by Gasteiger charge is 2.09. The lowest BCUT2D eigenvalue weighted by molar-refractivity contribution is 0.927. The van der Waals surface area contributed by atoms with E-state index in [1.165, 1.54) is 5.56 Å². The van der Waals surface area contributed by atoms with Crippen LogP contribution in [0.5, 0.6) is 0 Å². The van der Waals surface area contributed by atoms with Crippen LogP contribution < -0.4 is 5.32 Å². The van der Waals surface area contributed by atoms with E-state index in [0.717, 1.165) is 28.3 Å². The topological polar surface area (TPSA) is 42.2 Å². The van der Waals surface area contributed by atoms with E-state index in [-0.39, 0.29) is 0 Å². The number of fused-ring (bicyclic) bond motifs is 1. The number of aryl methyl sites for hydroxylation is 1. The summed E-state index contributed by atoms with van der Waals surface area (Å²) < 4.78 is 1.78. The molecule has 0 saturated carbocycles. The van der Waals surface area contributed by atoms with Crippen LogP contribution in [-0.4, -0.2) is 14.6 Å². The van der Waals surface area contributed by atoms with E-state index in [0.29, 0.717) is 16.6 Å². The predicted molar refractivity (Wildman–Crippen MR) is 107 cm³/mol. The van der Waals surface area contributed by atoms with Crippen LogP contribution in [0.4, 0.5) is 5.82 Å². The summed E-state index contributed by atoms with van der Waals surface area (Å²) in [6.07, 6.45) is 1.74. The molecule has 0 aliphatic heterocycles. The van der Waals surface area contributed by atoms with Crippen LogP contribution in [0.15, 0.2) is 60.8 Å². The molecule has 4 nitrogen and oxygen atoms in total. The molecule has 0 unspecified atom stereocenters. The van der Waals surface area contributed by atoms with Gasteiger partial charge in [-0.1, -0.05) is 59.1 Å². The summed E-state index contributed by atoms with van der Waals surface area (Å²) in [7, 11) is 0. The van der Waals surface area contributed by atoms with Crippen molar-refractivity contribution < 1.29 is 0 Å². The molecule has 0 bridgehead atoms. The first-order valence-electron chi connectivity index (χ1n) is 8.20. The number of nitrogens with zero attached hydrogens (tertiary/aromatic N) is 3. The molecule has 130 valence electrons. The van der Waals surface area contributed by atoms with Crippen molar-refractivity contribution in [3.63, 3.8) is 0 Å².